The number of fused-ring (bicyclic) bond motifs is 1. The van der Waals surface area contributed by atoms with Crippen molar-refractivity contribution in [3.8, 4) is 22.5 Å². The van der Waals surface area contributed by atoms with Crippen molar-refractivity contribution in [1.29, 1.82) is 0 Å². The van der Waals surface area contributed by atoms with Crippen LogP contribution in [0.3, 0.4) is 0 Å². The maximum Gasteiger partial charge on any atom is 0.309 e. The Bertz CT molecular complexity index is 1590. The number of aryl methyl sites for hydroxylation is 3. The molecule has 0 saturated heterocycles. The second-order valence-corrected chi connectivity index (χ2v) is 10.0. The molecule has 2 aromatic carbocycles. The van der Waals surface area contributed by atoms with Crippen LogP contribution in [-0.2, 0) is 11.2 Å². The van der Waals surface area contributed by atoms with Crippen molar-refractivity contribution in [1.82, 2.24) is 31.0 Å². The Morgan fingerprint density at radius 2 is 1.95 bits per heavy atom. The molecule has 2 amide bonds. The molecule has 2 aromatic heterocycles. The second-order valence-electron chi connectivity index (χ2n) is 9.59. The Hall–Kier alpha value is -4.12. The lowest BCUT2D eigenvalue weighted by Crippen LogP contribution is -2.49. The van der Waals surface area contributed by atoms with Crippen LogP contribution in [0.25, 0.3) is 22.5 Å². The van der Waals surface area contributed by atoms with Gasteiger partial charge in [-0.2, -0.15) is 4.98 Å². The minimum absolute atomic E-state index is 0.143. The van der Waals surface area contributed by atoms with E-state index in [0.717, 1.165) is 16.7 Å². The molecule has 1 unspecified atom stereocenters. The molecule has 2 aliphatic rings. The van der Waals surface area contributed by atoms with Crippen molar-refractivity contribution >= 4 is 23.4 Å². The first-order valence-corrected chi connectivity index (χ1v) is 12.5. The standard InChI is InChI=1S/C26H22ClFN6O4/c1-12-29-22(34-38-12)21-18(10-16(27)11-19(21)28)15-3-5-17-14(9-15)4-6-20(17)30-25(36)26(7-8-26)31-23(35)24-33-32-13(2)37-24/h3,5,9-11,20H,4,6-8H2,1-2H3,(H,30,36)(H,31,35). The molecular weight excluding hydrogens is 515 g/mol. The van der Waals surface area contributed by atoms with Gasteiger partial charge in [0, 0.05) is 18.9 Å². The number of amides is 2. The summed E-state index contributed by atoms with van der Waals surface area (Å²) >= 11 is 6.19. The molecule has 4 aromatic rings. The molecule has 1 atom stereocenters. The molecular formula is C26H22ClFN6O4. The second kappa shape index (κ2) is 9.02. The van der Waals surface area contributed by atoms with Crippen molar-refractivity contribution < 1.29 is 22.9 Å². The van der Waals surface area contributed by atoms with E-state index in [1.807, 2.05) is 18.2 Å². The molecule has 2 aliphatic carbocycles. The summed E-state index contributed by atoms with van der Waals surface area (Å²) in [6.45, 7) is 3.22. The summed E-state index contributed by atoms with van der Waals surface area (Å²) in [6.07, 6.45) is 2.45. The number of halogens is 2. The molecule has 1 fully saturated rings. The zero-order valence-electron chi connectivity index (χ0n) is 20.5. The van der Waals surface area contributed by atoms with Gasteiger partial charge in [0.05, 0.1) is 11.6 Å². The van der Waals surface area contributed by atoms with E-state index in [4.69, 9.17) is 20.5 Å². The summed E-state index contributed by atoms with van der Waals surface area (Å²) in [4.78, 5) is 29.8. The van der Waals surface area contributed by atoms with Gasteiger partial charge in [-0.25, -0.2) is 4.39 Å². The summed E-state index contributed by atoms with van der Waals surface area (Å²) in [7, 11) is 0. The van der Waals surface area contributed by atoms with E-state index in [-0.39, 0.29) is 40.1 Å². The predicted molar refractivity (Wildman–Crippen MR) is 133 cm³/mol. The van der Waals surface area contributed by atoms with Crippen LogP contribution >= 0.6 is 11.6 Å². The van der Waals surface area contributed by atoms with Crippen LogP contribution in [0, 0.1) is 19.7 Å². The quantitative estimate of drug-likeness (QED) is 0.373. The molecule has 10 nitrogen and oxygen atoms in total. The first kappa shape index (κ1) is 24.2. The minimum Gasteiger partial charge on any atom is -0.417 e. The fourth-order valence-electron chi connectivity index (χ4n) is 4.85. The molecule has 1 saturated carbocycles. The molecule has 194 valence electrons. The van der Waals surface area contributed by atoms with Crippen molar-refractivity contribution in [3.63, 3.8) is 0 Å². The monoisotopic (exact) mass is 536 g/mol. The summed E-state index contributed by atoms with van der Waals surface area (Å²) in [5.74, 6) is -0.813. The number of carbonyl (C=O) groups excluding carboxylic acids is 2. The maximum absolute atomic E-state index is 15.0. The minimum atomic E-state index is -0.988. The first-order chi connectivity index (χ1) is 18.2. The molecule has 6 rings (SSSR count). The van der Waals surface area contributed by atoms with Crippen molar-refractivity contribution in [2.75, 3.05) is 0 Å². The van der Waals surface area contributed by atoms with Crippen LogP contribution in [0.1, 0.15) is 58.9 Å². The number of benzene rings is 2. The van der Waals surface area contributed by atoms with E-state index in [1.54, 1.807) is 19.9 Å². The highest BCUT2D eigenvalue weighted by molar-refractivity contribution is 6.31. The lowest BCUT2D eigenvalue weighted by molar-refractivity contribution is -0.124. The zero-order valence-corrected chi connectivity index (χ0v) is 21.2. The third kappa shape index (κ3) is 4.32. The smallest absolute Gasteiger partial charge is 0.309 e. The number of carbonyl (C=O) groups is 2. The Morgan fingerprint density at radius 3 is 2.63 bits per heavy atom. The van der Waals surface area contributed by atoms with Gasteiger partial charge >= 0.3 is 11.8 Å². The van der Waals surface area contributed by atoms with Crippen molar-refractivity contribution in [2.24, 2.45) is 0 Å². The van der Waals surface area contributed by atoms with E-state index in [1.165, 1.54) is 6.07 Å². The summed E-state index contributed by atoms with van der Waals surface area (Å²) in [5, 5.41) is 17.3. The predicted octanol–water partition coefficient (Wildman–Crippen LogP) is 4.26. The highest BCUT2D eigenvalue weighted by atomic mass is 35.5. The number of rotatable bonds is 6. The lowest BCUT2D eigenvalue weighted by atomic mass is 9.95. The number of hydrogen-bond acceptors (Lipinski definition) is 8. The zero-order chi connectivity index (χ0) is 26.6. The molecule has 2 N–H and O–H groups in total. The van der Waals surface area contributed by atoms with Crippen LogP contribution in [0.5, 0.6) is 0 Å². The van der Waals surface area contributed by atoms with Gasteiger partial charge in [-0.1, -0.05) is 35.0 Å². The highest BCUT2D eigenvalue weighted by Gasteiger charge is 2.52. The van der Waals surface area contributed by atoms with Gasteiger partial charge < -0.3 is 19.6 Å². The molecule has 0 radical (unpaired) electrons. The lowest BCUT2D eigenvalue weighted by Gasteiger charge is -2.20. The van der Waals surface area contributed by atoms with E-state index in [9.17, 15) is 14.0 Å². The van der Waals surface area contributed by atoms with Gasteiger partial charge in [0.25, 0.3) is 0 Å². The number of aromatic nitrogens is 4. The van der Waals surface area contributed by atoms with Gasteiger partial charge in [-0.15, -0.1) is 10.2 Å². The highest BCUT2D eigenvalue weighted by Crippen LogP contribution is 2.41. The number of nitrogens with zero attached hydrogens (tertiary/aromatic N) is 4. The van der Waals surface area contributed by atoms with Crippen LogP contribution in [0.15, 0.2) is 39.3 Å². The van der Waals surface area contributed by atoms with Crippen LogP contribution in [0.4, 0.5) is 4.39 Å². The summed E-state index contributed by atoms with van der Waals surface area (Å²) < 4.78 is 25.2. The Labute approximate surface area is 221 Å². The maximum atomic E-state index is 15.0. The largest absolute Gasteiger partial charge is 0.417 e. The Kier molecular flexibility index (Phi) is 5.75. The molecule has 2 heterocycles. The van der Waals surface area contributed by atoms with E-state index in [0.29, 0.717) is 37.1 Å². The van der Waals surface area contributed by atoms with Gasteiger partial charge in [0.1, 0.15) is 11.4 Å². The van der Waals surface area contributed by atoms with Gasteiger partial charge in [-0.05, 0) is 60.1 Å². The number of hydrogen-bond donors (Lipinski definition) is 2. The van der Waals surface area contributed by atoms with Crippen LogP contribution in [0.2, 0.25) is 5.02 Å². The van der Waals surface area contributed by atoms with Crippen LogP contribution < -0.4 is 10.6 Å². The van der Waals surface area contributed by atoms with Crippen LogP contribution in [-0.4, -0.2) is 37.7 Å². The van der Waals surface area contributed by atoms with E-state index >= 15 is 0 Å². The Morgan fingerprint density at radius 1 is 1.13 bits per heavy atom. The van der Waals surface area contributed by atoms with Crippen molar-refractivity contribution in [2.45, 2.75) is 51.1 Å². The molecule has 0 bridgehead atoms. The topological polar surface area (TPSA) is 136 Å². The third-order valence-electron chi connectivity index (χ3n) is 6.90. The molecule has 0 spiro atoms. The number of nitrogens with one attached hydrogen (secondary N) is 2. The molecule has 0 aliphatic heterocycles. The summed E-state index contributed by atoms with van der Waals surface area (Å²) in [5.41, 5.74) is 2.50. The molecule has 12 heteroatoms. The van der Waals surface area contributed by atoms with Gasteiger partial charge in [-0.3, -0.25) is 9.59 Å². The Balaban J connectivity index is 1.23. The third-order valence-corrected chi connectivity index (χ3v) is 7.12. The first-order valence-electron chi connectivity index (χ1n) is 12.1. The normalized spacial score (nSPS) is 17.2. The fraction of sp³-hybridized carbons (Fsp3) is 0.308. The van der Waals surface area contributed by atoms with Gasteiger partial charge in [0.2, 0.25) is 23.5 Å². The fourth-order valence-corrected chi connectivity index (χ4v) is 5.06. The van der Waals surface area contributed by atoms with Gasteiger partial charge in [0.15, 0.2) is 0 Å². The SMILES string of the molecule is Cc1nc(-c2c(F)cc(Cl)cc2-c2ccc3c(c2)CCC3NC(=O)C2(NC(=O)c3nnc(C)o3)CC2)no1. The van der Waals surface area contributed by atoms with E-state index in [2.05, 4.69) is 31.0 Å². The van der Waals surface area contributed by atoms with E-state index < -0.39 is 17.3 Å². The molecule has 38 heavy (non-hydrogen) atoms. The van der Waals surface area contributed by atoms with Crippen molar-refractivity contribution in [3.05, 3.63) is 70.0 Å². The average Bonchev–Trinajstić information content (AvgIpc) is 3.17. The summed E-state index contributed by atoms with van der Waals surface area (Å²) in [6, 6.07) is 8.42. The average molecular weight is 537 g/mol.